The number of ether oxygens (including phenoxy) is 4. The summed E-state index contributed by atoms with van der Waals surface area (Å²) in [4.78, 5) is 0. The summed E-state index contributed by atoms with van der Waals surface area (Å²) in [7, 11) is 0. The summed E-state index contributed by atoms with van der Waals surface area (Å²) < 4.78 is 23.2. The van der Waals surface area contributed by atoms with Gasteiger partial charge in [-0.25, -0.2) is 0 Å². The van der Waals surface area contributed by atoms with Crippen molar-refractivity contribution >= 4 is 11.3 Å². The molecule has 2 heterocycles. The molecule has 0 spiro atoms. The maximum atomic E-state index is 9.39. The van der Waals surface area contributed by atoms with Crippen LogP contribution in [0.3, 0.4) is 0 Å². The molecule has 144 valence electrons. The first kappa shape index (κ1) is 20.4. The summed E-state index contributed by atoms with van der Waals surface area (Å²) in [5.74, 6) is 1.44. The molecule has 1 aromatic rings. The number of hydrogen-bond donors (Lipinski definition) is 3. The van der Waals surface area contributed by atoms with Crippen molar-refractivity contribution in [2.45, 2.75) is 13.3 Å². The summed E-state index contributed by atoms with van der Waals surface area (Å²) in [6.07, 6.45) is 0.568. The van der Waals surface area contributed by atoms with Crippen molar-refractivity contribution in [1.29, 1.82) is 0 Å². The molecule has 0 saturated heterocycles. The van der Waals surface area contributed by atoms with E-state index in [4.69, 9.17) is 24.1 Å². The van der Waals surface area contributed by atoms with Crippen molar-refractivity contribution in [1.82, 2.24) is 0 Å². The molecule has 0 bridgehead atoms. The Morgan fingerprint density at radius 1 is 1.08 bits per heavy atom. The van der Waals surface area contributed by atoms with Crippen LogP contribution in [-0.4, -0.2) is 74.8 Å². The zero-order valence-electron chi connectivity index (χ0n) is 14.6. The molecule has 0 aliphatic carbocycles. The molecule has 7 nitrogen and oxygen atoms in total. The molecule has 8 heteroatoms. The van der Waals surface area contributed by atoms with E-state index >= 15 is 0 Å². The third-order valence-corrected chi connectivity index (χ3v) is 4.84. The largest absolute Gasteiger partial charge is 0.488 e. The van der Waals surface area contributed by atoms with Crippen molar-refractivity contribution in [2.24, 2.45) is 10.8 Å². The van der Waals surface area contributed by atoms with Crippen LogP contribution in [0.5, 0.6) is 11.5 Å². The Hall–Kier alpha value is -0.900. The van der Waals surface area contributed by atoms with Crippen LogP contribution in [0.25, 0.3) is 0 Å². The second-order valence-electron chi connectivity index (χ2n) is 6.93. The standard InChI is InChI=1S/C17H28O7S/c1-16(7-19,8-20)9-22-11-17(10-21-4-2-3-18)12-23-14-5-25-6-15(14)24-13-17/h5-6,18-20H,2-4,7-13H2,1H3. The van der Waals surface area contributed by atoms with Gasteiger partial charge < -0.3 is 34.3 Å². The van der Waals surface area contributed by atoms with E-state index < -0.39 is 10.8 Å². The first-order valence-corrected chi connectivity index (χ1v) is 9.31. The Balaban J connectivity index is 1.96. The van der Waals surface area contributed by atoms with Crippen molar-refractivity contribution in [3.63, 3.8) is 0 Å². The molecule has 0 unspecified atom stereocenters. The van der Waals surface area contributed by atoms with Gasteiger partial charge in [-0.05, 0) is 6.42 Å². The molecule has 3 N–H and O–H groups in total. The zero-order chi connectivity index (χ0) is 18.2. The van der Waals surface area contributed by atoms with Gasteiger partial charge in [0.1, 0.15) is 13.2 Å². The molecule has 1 aliphatic rings. The van der Waals surface area contributed by atoms with Crippen LogP contribution in [0.15, 0.2) is 10.8 Å². The van der Waals surface area contributed by atoms with Gasteiger partial charge in [0.05, 0.1) is 38.4 Å². The Kier molecular flexibility index (Phi) is 7.92. The van der Waals surface area contributed by atoms with E-state index in [0.717, 1.165) is 11.5 Å². The molecule has 0 amide bonds. The van der Waals surface area contributed by atoms with Gasteiger partial charge in [0.15, 0.2) is 11.5 Å². The Morgan fingerprint density at radius 3 is 2.24 bits per heavy atom. The summed E-state index contributed by atoms with van der Waals surface area (Å²) >= 11 is 1.52. The van der Waals surface area contributed by atoms with Gasteiger partial charge in [-0.2, -0.15) is 0 Å². The second kappa shape index (κ2) is 9.70. The van der Waals surface area contributed by atoms with Crippen LogP contribution < -0.4 is 9.47 Å². The number of thiophene rings is 1. The molecular weight excluding hydrogens is 348 g/mol. The van der Waals surface area contributed by atoms with Gasteiger partial charge in [0.2, 0.25) is 0 Å². The lowest BCUT2D eigenvalue weighted by Crippen LogP contribution is -2.44. The number of aliphatic hydroxyl groups excluding tert-OH is 3. The topological polar surface area (TPSA) is 97.6 Å². The van der Waals surface area contributed by atoms with Gasteiger partial charge in [-0.3, -0.25) is 0 Å². The summed E-state index contributed by atoms with van der Waals surface area (Å²) in [5, 5.41) is 31.5. The molecule has 1 aromatic heterocycles. The van der Waals surface area contributed by atoms with Crippen LogP contribution >= 0.6 is 11.3 Å². The Morgan fingerprint density at radius 2 is 1.68 bits per heavy atom. The van der Waals surface area contributed by atoms with E-state index in [9.17, 15) is 10.2 Å². The number of hydrogen-bond acceptors (Lipinski definition) is 8. The van der Waals surface area contributed by atoms with E-state index in [-0.39, 0.29) is 26.4 Å². The lowest BCUT2D eigenvalue weighted by atomic mass is 9.91. The number of fused-ring (bicyclic) bond motifs is 1. The average molecular weight is 376 g/mol. The molecule has 25 heavy (non-hydrogen) atoms. The van der Waals surface area contributed by atoms with Gasteiger partial charge in [-0.15, -0.1) is 11.3 Å². The Labute approximate surface area is 152 Å². The molecule has 0 aromatic carbocycles. The zero-order valence-corrected chi connectivity index (χ0v) is 15.4. The molecule has 0 atom stereocenters. The van der Waals surface area contributed by atoms with Crippen LogP contribution in [0, 0.1) is 10.8 Å². The van der Waals surface area contributed by atoms with E-state index in [1.165, 1.54) is 11.3 Å². The smallest absolute Gasteiger partial charge is 0.171 e. The summed E-state index contributed by atoms with van der Waals surface area (Å²) in [6, 6.07) is 0. The highest BCUT2D eigenvalue weighted by molar-refractivity contribution is 7.08. The summed E-state index contributed by atoms with van der Waals surface area (Å²) in [6.45, 7) is 3.64. The third-order valence-electron chi connectivity index (χ3n) is 4.14. The van der Waals surface area contributed by atoms with Gasteiger partial charge in [-0.1, -0.05) is 6.92 Å². The number of rotatable bonds is 11. The molecule has 0 radical (unpaired) electrons. The van der Waals surface area contributed by atoms with E-state index in [1.54, 1.807) is 6.92 Å². The summed E-state index contributed by atoms with van der Waals surface area (Å²) in [5.41, 5.74) is -1.19. The van der Waals surface area contributed by atoms with Crippen LogP contribution in [0.1, 0.15) is 13.3 Å². The van der Waals surface area contributed by atoms with Crippen molar-refractivity contribution in [2.75, 3.05) is 59.5 Å². The maximum absolute atomic E-state index is 9.39. The second-order valence-corrected chi connectivity index (χ2v) is 7.67. The fourth-order valence-electron chi connectivity index (χ4n) is 2.31. The molecule has 0 saturated carbocycles. The predicted octanol–water partition coefficient (Wildman–Crippen LogP) is 0.912. The van der Waals surface area contributed by atoms with E-state index in [0.29, 0.717) is 39.5 Å². The minimum atomic E-state index is -0.691. The van der Waals surface area contributed by atoms with Gasteiger partial charge in [0, 0.05) is 29.4 Å². The minimum Gasteiger partial charge on any atom is -0.488 e. The number of aliphatic hydroxyl groups is 3. The molecule has 0 fully saturated rings. The van der Waals surface area contributed by atoms with Crippen LogP contribution in [0.2, 0.25) is 0 Å². The molecular formula is C17H28O7S. The van der Waals surface area contributed by atoms with E-state index in [1.807, 2.05) is 10.8 Å². The highest BCUT2D eigenvalue weighted by atomic mass is 32.1. The SMILES string of the molecule is CC(CO)(CO)COCC1(COCCCO)COc2cscc2OC1. The normalized spacial score (nSPS) is 16.6. The fourth-order valence-corrected chi connectivity index (χ4v) is 2.99. The molecule has 1 aliphatic heterocycles. The predicted molar refractivity (Wildman–Crippen MR) is 93.4 cm³/mol. The average Bonchev–Trinajstić information content (AvgIpc) is 3.02. The third kappa shape index (κ3) is 5.80. The lowest BCUT2D eigenvalue weighted by molar-refractivity contribution is -0.0878. The van der Waals surface area contributed by atoms with E-state index in [2.05, 4.69) is 0 Å². The van der Waals surface area contributed by atoms with Gasteiger partial charge in [0.25, 0.3) is 0 Å². The van der Waals surface area contributed by atoms with Crippen molar-refractivity contribution in [3.8, 4) is 11.5 Å². The lowest BCUT2D eigenvalue weighted by Gasteiger charge is -2.32. The fraction of sp³-hybridized carbons (Fsp3) is 0.765. The Bertz CT molecular complexity index is 478. The first-order chi connectivity index (χ1) is 12.1. The molecule has 2 rings (SSSR count). The highest BCUT2D eigenvalue weighted by Crippen LogP contribution is 2.37. The quantitative estimate of drug-likeness (QED) is 0.494. The highest BCUT2D eigenvalue weighted by Gasteiger charge is 2.37. The minimum absolute atomic E-state index is 0.0822. The first-order valence-electron chi connectivity index (χ1n) is 8.36. The van der Waals surface area contributed by atoms with Crippen LogP contribution in [0.4, 0.5) is 0 Å². The van der Waals surface area contributed by atoms with Crippen molar-refractivity contribution < 1.29 is 34.3 Å². The monoisotopic (exact) mass is 376 g/mol. The van der Waals surface area contributed by atoms with Crippen LogP contribution in [-0.2, 0) is 9.47 Å². The van der Waals surface area contributed by atoms with Crippen molar-refractivity contribution in [3.05, 3.63) is 10.8 Å². The van der Waals surface area contributed by atoms with Gasteiger partial charge >= 0.3 is 0 Å². The maximum Gasteiger partial charge on any atom is 0.171 e.